The number of carbonyl (C=O) groups excluding carboxylic acids is 1. The monoisotopic (exact) mass is 276 g/mol. The van der Waals surface area contributed by atoms with Gasteiger partial charge in [0.25, 0.3) is 0 Å². The Kier molecular flexibility index (Phi) is 5.01. The van der Waals surface area contributed by atoms with Gasteiger partial charge in [-0.15, -0.1) is 0 Å². The lowest BCUT2D eigenvalue weighted by molar-refractivity contribution is 0.235. The summed E-state index contributed by atoms with van der Waals surface area (Å²) in [5, 5.41) is 5.56. The Hall–Kier alpha value is -0.780. The van der Waals surface area contributed by atoms with Gasteiger partial charge in [-0.2, -0.15) is 0 Å². The van der Waals surface area contributed by atoms with E-state index >= 15 is 0 Å². The molecule has 1 heterocycles. The zero-order valence-electron chi connectivity index (χ0n) is 11.5. The molecule has 1 atom stereocenters. The number of carbonyl (C=O) groups is 1. The van der Waals surface area contributed by atoms with Crippen molar-refractivity contribution in [3.8, 4) is 0 Å². The van der Waals surface area contributed by atoms with Crippen LogP contribution in [0.15, 0.2) is 0 Å². The van der Waals surface area contributed by atoms with Crippen LogP contribution in [0.5, 0.6) is 0 Å². The molecule has 0 aromatic carbocycles. The van der Waals surface area contributed by atoms with Crippen molar-refractivity contribution in [1.29, 1.82) is 0 Å². The smallest absolute Gasteiger partial charge is 0.314 e. The van der Waals surface area contributed by atoms with Crippen molar-refractivity contribution in [2.24, 2.45) is 11.3 Å². The number of hydrogen-bond acceptors (Lipinski definition) is 3. The molecule has 18 heavy (non-hydrogen) atoms. The minimum Gasteiger partial charge on any atom is -0.338 e. The van der Waals surface area contributed by atoms with Crippen LogP contribution in [0, 0.1) is 11.3 Å². The van der Waals surface area contributed by atoms with Crippen LogP contribution in [-0.2, 0) is 9.84 Å². The highest BCUT2D eigenvalue weighted by Crippen LogP contribution is 2.20. The third-order valence-corrected chi connectivity index (χ3v) is 4.78. The average molecular weight is 276 g/mol. The lowest BCUT2D eigenvalue weighted by Crippen LogP contribution is -2.40. The van der Waals surface area contributed by atoms with Crippen molar-refractivity contribution in [1.82, 2.24) is 10.6 Å². The molecule has 6 heteroatoms. The summed E-state index contributed by atoms with van der Waals surface area (Å²) in [5.41, 5.74) is 0.0663. The number of sulfone groups is 1. The topological polar surface area (TPSA) is 75.3 Å². The number of hydrogen-bond donors (Lipinski definition) is 2. The minimum absolute atomic E-state index is 0.0663. The van der Waals surface area contributed by atoms with E-state index in [0.29, 0.717) is 18.8 Å². The first-order valence-corrected chi connectivity index (χ1v) is 8.22. The second kappa shape index (κ2) is 5.91. The molecule has 1 rings (SSSR count). The second-order valence-corrected chi connectivity index (χ2v) is 8.46. The van der Waals surface area contributed by atoms with Crippen LogP contribution in [0.25, 0.3) is 0 Å². The third kappa shape index (κ3) is 6.23. The molecule has 2 amide bonds. The van der Waals surface area contributed by atoms with Crippen LogP contribution < -0.4 is 10.6 Å². The van der Waals surface area contributed by atoms with Crippen LogP contribution in [0.1, 0.15) is 33.6 Å². The zero-order chi connectivity index (χ0) is 13.8. The predicted octanol–water partition coefficient (Wildman–Crippen LogP) is 1.16. The summed E-state index contributed by atoms with van der Waals surface area (Å²) in [6.45, 7) is 7.32. The molecule has 1 saturated heterocycles. The Labute approximate surface area is 110 Å². The van der Waals surface area contributed by atoms with Gasteiger partial charge in [-0.25, -0.2) is 13.2 Å². The minimum atomic E-state index is -2.80. The lowest BCUT2D eigenvalue weighted by Gasteiger charge is -2.19. The van der Waals surface area contributed by atoms with E-state index in [1.165, 1.54) is 0 Å². The highest BCUT2D eigenvalue weighted by molar-refractivity contribution is 7.91. The molecular formula is C12H24N2O3S. The quantitative estimate of drug-likeness (QED) is 0.809. The summed E-state index contributed by atoms with van der Waals surface area (Å²) in [5.74, 6) is 0.782. The summed E-state index contributed by atoms with van der Waals surface area (Å²) < 4.78 is 22.5. The van der Waals surface area contributed by atoms with Crippen LogP contribution in [0.4, 0.5) is 4.79 Å². The molecule has 0 saturated carbocycles. The molecule has 0 bridgehead atoms. The first-order valence-electron chi connectivity index (χ1n) is 6.40. The van der Waals surface area contributed by atoms with Gasteiger partial charge in [0.05, 0.1) is 11.5 Å². The van der Waals surface area contributed by atoms with E-state index in [2.05, 4.69) is 31.4 Å². The van der Waals surface area contributed by atoms with Gasteiger partial charge in [-0.1, -0.05) is 20.8 Å². The molecular weight excluding hydrogens is 252 g/mol. The molecule has 0 spiro atoms. The van der Waals surface area contributed by atoms with Gasteiger partial charge in [0.15, 0.2) is 9.84 Å². The summed E-state index contributed by atoms with van der Waals surface area (Å²) in [6.07, 6.45) is 1.47. The number of nitrogens with one attached hydrogen (secondary N) is 2. The van der Waals surface area contributed by atoms with E-state index in [1.54, 1.807) is 0 Å². The molecule has 2 N–H and O–H groups in total. The van der Waals surface area contributed by atoms with Gasteiger partial charge < -0.3 is 10.6 Å². The number of amides is 2. The third-order valence-electron chi connectivity index (χ3n) is 2.94. The first kappa shape index (κ1) is 15.3. The molecule has 0 aliphatic carbocycles. The maximum absolute atomic E-state index is 11.5. The van der Waals surface area contributed by atoms with Crippen LogP contribution in [-0.4, -0.2) is 39.0 Å². The normalized spacial score (nSPS) is 22.7. The molecule has 0 radical (unpaired) electrons. The first-order chi connectivity index (χ1) is 8.18. The van der Waals surface area contributed by atoms with Gasteiger partial charge in [-0.3, -0.25) is 0 Å². The van der Waals surface area contributed by atoms with E-state index in [1.807, 2.05) is 0 Å². The summed E-state index contributed by atoms with van der Waals surface area (Å²) in [4.78, 5) is 11.5. The fourth-order valence-electron chi connectivity index (χ4n) is 1.90. The van der Waals surface area contributed by atoms with Crippen molar-refractivity contribution >= 4 is 15.9 Å². The van der Waals surface area contributed by atoms with Crippen molar-refractivity contribution in [2.75, 3.05) is 24.6 Å². The van der Waals surface area contributed by atoms with E-state index in [0.717, 1.165) is 12.8 Å². The Morgan fingerprint density at radius 3 is 2.44 bits per heavy atom. The van der Waals surface area contributed by atoms with Crippen LogP contribution >= 0.6 is 0 Å². The van der Waals surface area contributed by atoms with E-state index in [9.17, 15) is 13.2 Å². The van der Waals surface area contributed by atoms with Gasteiger partial charge >= 0.3 is 6.03 Å². The van der Waals surface area contributed by atoms with Crippen LogP contribution in [0.2, 0.25) is 0 Å². The molecule has 0 aromatic rings. The fourth-order valence-corrected chi connectivity index (χ4v) is 3.81. The fraction of sp³-hybridized carbons (Fsp3) is 0.917. The molecule has 5 nitrogen and oxygen atoms in total. The molecule has 1 unspecified atom stereocenters. The molecule has 0 aromatic heterocycles. The van der Waals surface area contributed by atoms with Crippen molar-refractivity contribution < 1.29 is 13.2 Å². The number of urea groups is 1. The average Bonchev–Trinajstić information content (AvgIpc) is 2.54. The van der Waals surface area contributed by atoms with Crippen molar-refractivity contribution in [3.63, 3.8) is 0 Å². The Morgan fingerprint density at radius 2 is 1.94 bits per heavy atom. The van der Waals surface area contributed by atoms with Gasteiger partial charge in [0.2, 0.25) is 0 Å². The summed E-state index contributed by atoms with van der Waals surface area (Å²) in [7, 11) is -2.80. The molecule has 1 aliphatic rings. The standard InChI is InChI=1S/C12H24N2O3S/c1-12(2,3)9-14-11(15)13-6-4-10-5-7-18(16,17)8-10/h10H,4-9H2,1-3H3,(H2,13,14,15). The van der Waals surface area contributed by atoms with Gasteiger partial charge in [0, 0.05) is 13.1 Å². The van der Waals surface area contributed by atoms with E-state index < -0.39 is 9.84 Å². The maximum Gasteiger partial charge on any atom is 0.314 e. The van der Waals surface area contributed by atoms with Crippen LogP contribution in [0.3, 0.4) is 0 Å². The van der Waals surface area contributed by atoms with Gasteiger partial charge in [0.1, 0.15) is 0 Å². The van der Waals surface area contributed by atoms with Crippen molar-refractivity contribution in [3.05, 3.63) is 0 Å². The highest BCUT2D eigenvalue weighted by atomic mass is 32.2. The SMILES string of the molecule is CC(C)(C)CNC(=O)NCCC1CCS(=O)(=O)C1. The Morgan fingerprint density at radius 1 is 1.28 bits per heavy atom. The number of rotatable bonds is 4. The van der Waals surface area contributed by atoms with E-state index in [-0.39, 0.29) is 23.1 Å². The lowest BCUT2D eigenvalue weighted by atomic mass is 9.97. The van der Waals surface area contributed by atoms with E-state index in [4.69, 9.17) is 0 Å². The second-order valence-electron chi connectivity index (χ2n) is 6.23. The van der Waals surface area contributed by atoms with Crippen molar-refractivity contribution in [2.45, 2.75) is 33.6 Å². The maximum atomic E-state index is 11.5. The largest absolute Gasteiger partial charge is 0.338 e. The molecule has 106 valence electrons. The zero-order valence-corrected chi connectivity index (χ0v) is 12.3. The Bertz CT molecular complexity index is 385. The molecule has 1 aliphatic heterocycles. The summed E-state index contributed by atoms with van der Waals surface area (Å²) in [6, 6.07) is -0.175. The van der Waals surface area contributed by atoms with Gasteiger partial charge in [-0.05, 0) is 24.2 Å². The molecule has 1 fully saturated rings. The Balaban J connectivity index is 2.13. The highest BCUT2D eigenvalue weighted by Gasteiger charge is 2.27. The summed E-state index contributed by atoms with van der Waals surface area (Å²) >= 11 is 0. The predicted molar refractivity (Wildman–Crippen MR) is 72.2 cm³/mol.